The van der Waals surface area contributed by atoms with E-state index < -0.39 is 12.2 Å². The van der Waals surface area contributed by atoms with Crippen molar-refractivity contribution in [1.82, 2.24) is 0 Å². The second-order valence-corrected chi connectivity index (χ2v) is 8.79. The minimum Gasteiger partial charge on any atom is -0.465 e. The Morgan fingerprint density at radius 2 is 0.950 bits per heavy atom. The van der Waals surface area contributed by atoms with Gasteiger partial charge in [-0.2, -0.15) is 0 Å². The van der Waals surface area contributed by atoms with E-state index in [1.165, 1.54) is 48.5 Å². The lowest BCUT2D eigenvalue weighted by Crippen LogP contribution is -2.12. The van der Waals surface area contributed by atoms with Crippen molar-refractivity contribution in [2.45, 2.75) is 13.1 Å². The molecule has 0 aromatic heterocycles. The molecule has 10 nitrogen and oxygen atoms in total. The predicted molar refractivity (Wildman–Crippen MR) is 151 cm³/mol. The van der Waals surface area contributed by atoms with E-state index in [9.17, 15) is 28.6 Å². The van der Waals surface area contributed by atoms with Crippen molar-refractivity contribution in [3.63, 3.8) is 0 Å². The molecule has 0 saturated carbocycles. The first-order chi connectivity index (χ1) is 19.1. The normalized spacial score (nSPS) is 10.6. The number of rotatable bonds is 9. The standard InChI is InChI=1S/C28H26F2N6O4/c29-17-5-1-15(2-6-17)13-33-23-11-21(31)25(35-27(37)38)9-19(23)20-10-26(36-28(39)40)22(32)12-24(20)34-14-16-3-7-18(30)8-4-16/h1-12,33-36H,13-14,31-32H2,(H,37,38)(H,39,40). The molecular weight excluding hydrogens is 522 g/mol. The molecule has 10 N–H and O–H groups in total. The fraction of sp³-hybridized carbons (Fsp3) is 0.0714. The lowest BCUT2D eigenvalue weighted by molar-refractivity contribution is 0.208. The van der Waals surface area contributed by atoms with Crippen LogP contribution in [0, 0.1) is 11.6 Å². The zero-order valence-electron chi connectivity index (χ0n) is 21.0. The van der Waals surface area contributed by atoms with E-state index >= 15 is 0 Å². The Kier molecular flexibility index (Phi) is 8.19. The first kappa shape index (κ1) is 27.5. The van der Waals surface area contributed by atoms with Crippen LogP contribution in [0.5, 0.6) is 0 Å². The molecular formula is C28H26F2N6O4. The van der Waals surface area contributed by atoms with Crippen molar-refractivity contribution in [1.29, 1.82) is 0 Å². The van der Waals surface area contributed by atoms with E-state index in [1.807, 2.05) is 0 Å². The van der Waals surface area contributed by atoms with Crippen LogP contribution >= 0.6 is 0 Å². The molecule has 12 heteroatoms. The molecule has 0 atom stereocenters. The summed E-state index contributed by atoms with van der Waals surface area (Å²) < 4.78 is 26.8. The van der Waals surface area contributed by atoms with Crippen LogP contribution in [-0.4, -0.2) is 22.4 Å². The van der Waals surface area contributed by atoms with Crippen LogP contribution in [0.15, 0.2) is 72.8 Å². The van der Waals surface area contributed by atoms with E-state index in [1.54, 1.807) is 24.3 Å². The number of carbonyl (C=O) groups is 2. The maximum Gasteiger partial charge on any atom is 0.409 e. The third kappa shape index (κ3) is 6.86. The highest BCUT2D eigenvalue weighted by Crippen LogP contribution is 2.42. The molecule has 40 heavy (non-hydrogen) atoms. The molecule has 0 aliphatic heterocycles. The van der Waals surface area contributed by atoms with Crippen molar-refractivity contribution in [2.24, 2.45) is 0 Å². The second kappa shape index (κ2) is 11.9. The summed E-state index contributed by atoms with van der Waals surface area (Å²) in [7, 11) is 0. The van der Waals surface area contributed by atoms with Gasteiger partial charge in [-0.25, -0.2) is 18.4 Å². The van der Waals surface area contributed by atoms with Gasteiger partial charge in [-0.3, -0.25) is 10.6 Å². The summed E-state index contributed by atoms with van der Waals surface area (Å²) >= 11 is 0. The number of nitrogens with one attached hydrogen (secondary N) is 4. The number of nitrogen functional groups attached to an aromatic ring is 2. The summed E-state index contributed by atoms with van der Waals surface area (Å²) in [6.45, 7) is 0.540. The topological polar surface area (TPSA) is 175 Å². The SMILES string of the molecule is Nc1cc(NCc2ccc(F)cc2)c(-c2cc(NC(=O)O)c(N)cc2NCc2ccc(F)cc2)cc1NC(=O)O. The Morgan fingerprint density at radius 1 is 0.600 bits per heavy atom. The average Bonchev–Trinajstić information content (AvgIpc) is 2.90. The van der Waals surface area contributed by atoms with E-state index in [0.29, 0.717) is 22.5 Å². The van der Waals surface area contributed by atoms with Gasteiger partial charge in [-0.1, -0.05) is 24.3 Å². The highest BCUT2D eigenvalue weighted by atomic mass is 19.1. The van der Waals surface area contributed by atoms with Gasteiger partial charge in [0.05, 0.1) is 22.7 Å². The Bertz CT molecular complexity index is 1430. The van der Waals surface area contributed by atoms with Gasteiger partial charge in [-0.05, 0) is 59.7 Å². The molecule has 4 rings (SSSR count). The molecule has 0 aliphatic carbocycles. The van der Waals surface area contributed by atoms with E-state index in [2.05, 4.69) is 21.3 Å². The van der Waals surface area contributed by atoms with Gasteiger partial charge in [-0.15, -0.1) is 0 Å². The molecule has 0 fully saturated rings. The van der Waals surface area contributed by atoms with Gasteiger partial charge >= 0.3 is 12.2 Å². The number of nitrogens with two attached hydrogens (primary N) is 2. The first-order valence-corrected chi connectivity index (χ1v) is 11.9. The maximum absolute atomic E-state index is 13.4. The van der Waals surface area contributed by atoms with Gasteiger partial charge in [0, 0.05) is 35.6 Å². The number of benzene rings is 4. The highest BCUT2D eigenvalue weighted by Gasteiger charge is 2.18. The van der Waals surface area contributed by atoms with Gasteiger partial charge in [0.2, 0.25) is 0 Å². The summed E-state index contributed by atoms with van der Waals surface area (Å²) in [5.41, 5.74) is 16.1. The molecule has 4 aromatic carbocycles. The highest BCUT2D eigenvalue weighted by molar-refractivity contribution is 5.99. The number of amides is 2. The summed E-state index contributed by atoms with van der Waals surface area (Å²) in [5.74, 6) is -0.759. The smallest absolute Gasteiger partial charge is 0.409 e. The summed E-state index contributed by atoms with van der Waals surface area (Å²) in [5, 5.41) is 29.6. The van der Waals surface area contributed by atoms with Crippen LogP contribution in [0.25, 0.3) is 11.1 Å². The minimum atomic E-state index is -1.33. The lowest BCUT2D eigenvalue weighted by Gasteiger charge is -2.21. The summed E-state index contributed by atoms with van der Waals surface area (Å²) in [4.78, 5) is 22.8. The Balaban J connectivity index is 1.82. The van der Waals surface area contributed by atoms with Crippen molar-refractivity contribution in [3.8, 4) is 11.1 Å². The zero-order chi connectivity index (χ0) is 28.8. The van der Waals surface area contributed by atoms with E-state index in [0.717, 1.165) is 11.1 Å². The van der Waals surface area contributed by atoms with Crippen LogP contribution in [0.3, 0.4) is 0 Å². The second-order valence-electron chi connectivity index (χ2n) is 8.79. The average molecular weight is 549 g/mol. The molecule has 0 radical (unpaired) electrons. The van der Waals surface area contributed by atoms with Crippen LogP contribution in [0.2, 0.25) is 0 Å². The third-order valence-electron chi connectivity index (χ3n) is 5.95. The molecule has 0 spiro atoms. The fourth-order valence-electron chi connectivity index (χ4n) is 4.02. The number of halogens is 2. The minimum absolute atomic E-state index is 0.101. The van der Waals surface area contributed by atoms with Crippen molar-refractivity contribution in [2.75, 3.05) is 32.7 Å². The van der Waals surface area contributed by atoms with E-state index in [4.69, 9.17) is 11.5 Å². The van der Waals surface area contributed by atoms with Crippen LogP contribution in [0.4, 0.5) is 52.5 Å². The van der Waals surface area contributed by atoms with Gasteiger partial charge < -0.3 is 32.3 Å². The van der Waals surface area contributed by atoms with Crippen molar-refractivity contribution in [3.05, 3.63) is 95.6 Å². The van der Waals surface area contributed by atoms with Crippen LogP contribution in [0.1, 0.15) is 11.1 Å². The molecule has 0 aliphatic rings. The number of hydrogen-bond acceptors (Lipinski definition) is 6. The molecule has 4 aromatic rings. The molecule has 206 valence electrons. The largest absolute Gasteiger partial charge is 0.465 e. The number of hydrogen-bond donors (Lipinski definition) is 8. The number of carboxylic acid groups (broad SMARTS) is 2. The van der Waals surface area contributed by atoms with Gasteiger partial charge in [0.15, 0.2) is 0 Å². The Hall–Kier alpha value is -5.52. The molecule has 0 heterocycles. The maximum atomic E-state index is 13.4. The van der Waals surface area contributed by atoms with Crippen LogP contribution < -0.4 is 32.7 Å². The number of anilines is 6. The Labute approximate surface area is 227 Å². The van der Waals surface area contributed by atoms with Crippen molar-refractivity contribution < 1.29 is 28.6 Å². The van der Waals surface area contributed by atoms with Crippen LogP contribution in [-0.2, 0) is 13.1 Å². The zero-order valence-corrected chi connectivity index (χ0v) is 21.0. The molecule has 2 amide bonds. The summed E-state index contributed by atoms with van der Waals surface area (Å²) in [6, 6.07) is 17.8. The lowest BCUT2D eigenvalue weighted by atomic mass is 9.98. The van der Waals surface area contributed by atoms with Gasteiger partial charge in [0.1, 0.15) is 11.6 Å². The van der Waals surface area contributed by atoms with Gasteiger partial charge in [0.25, 0.3) is 0 Å². The first-order valence-electron chi connectivity index (χ1n) is 11.9. The quantitative estimate of drug-likeness (QED) is 0.114. The van der Waals surface area contributed by atoms with Crippen molar-refractivity contribution >= 4 is 46.3 Å². The predicted octanol–water partition coefficient (Wildman–Crippen LogP) is 6.20. The third-order valence-corrected chi connectivity index (χ3v) is 5.95. The molecule has 0 bridgehead atoms. The molecule has 0 unspecified atom stereocenters. The van der Waals surface area contributed by atoms with E-state index in [-0.39, 0.29) is 47.5 Å². The fourth-order valence-corrected chi connectivity index (χ4v) is 4.02. The summed E-state index contributed by atoms with van der Waals surface area (Å²) in [6.07, 6.45) is -2.66. The molecule has 0 saturated heterocycles. The monoisotopic (exact) mass is 548 g/mol. The Morgan fingerprint density at radius 3 is 1.27 bits per heavy atom.